The Balaban J connectivity index is 2.08. The molecule has 0 radical (unpaired) electrons. The maximum atomic E-state index is 5.81. The van der Waals surface area contributed by atoms with Gasteiger partial charge in [-0.25, -0.2) is 0 Å². The molecule has 0 unspecified atom stereocenters. The van der Waals surface area contributed by atoms with Crippen molar-refractivity contribution >= 4 is 23.0 Å². The van der Waals surface area contributed by atoms with Crippen molar-refractivity contribution in [3.63, 3.8) is 0 Å². The van der Waals surface area contributed by atoms with Crippen LogP contribution in [0.1, 0.15) is 12.5 Å². The molecule has 0 aliphatic carbocycles. The molecule has 0 aromatic heterocycles. The molecule has 2 aromatic carbocycles. The minimum atomic E-state index is 0.722. The van der Waals surface area contributed by atoms with E-state index >= 15 is 0 Å². The topological polar surface area (TPSA) is 24.4 Å². The summed E-state index contributed by atoms with van der Waals surface area (Å²) in [5, 5.41) is 5.04. The van der Waals surface area contributed by atoms with Crippen LogP contribution in [-0.4, -0.2) is 5.71 Å². The molecule has 1 N–H and O–H groups in total. The highest BCUT2D eigenvalue weighted by molar-refractivity contribution is 6.30. The molecule has 0 aliphatic rings. The predicted octanol–water partition coefficient (Wildman–Crippen LogP) is 4.18. The highest BCUT2D eigenvalue weighted by Crippen LogP contribution is 2.13. The Hall–Kier alpha value is -1.80. The number of hydrogen-bond donors (Lipinski definition) is 1. The van der Waals surface area contributed by atoms with Crippen molar-refractivity contribution in [2.24, 2.45) is 5.10 Å². The number of nitrogens with one attached hydrogen (secondary N) is 1. The van der Waals surface area contributed by atoms with Crippen molar-refractivity contribution in [1.82, 2.24) is 0 Å². The van der Waals surface area contributed by atoms with Gasteiger partial charge in [-0.2, -0.15) is 5.10 Å². The summed E-state index contributed by atoms with van der Waals surface area (Å²) < 4.78 is 0. The lowest BCUT2D eigenvalue weighted by atomic mass is 10.1. The van der Waals surface area contributed by atoms with Gasteiger partial charge in [-0.3, -0.25) is 5.43 Å². The molecule has 0 spiro atoms. The Morgan fingerprint density at radius 3 is 2.29 bits per heavy atom. The highest BCUT2D eigenvalue weighted by Gasteiger charge is 1.95. The van der Waals surface area contributed by atoms with Crippen molar-refractivity contribution in [2.75, 3.05) is 5.43 Å². The van der Waals surface area contributed by atoms with Crippen molar-refractivity contribution in [2.45, 2.75) is 6.92 Å². The maximum absolute atomic E-state index is 5.81. The van der Waals surface area contributed by atoms with Gasteiger partial charge in [0, 0.05) is 5.02 Å². The molecule has 2 rings (SSSR count). The zero-order valence-electron chi connectivity index (χ0n) is 9.52. The quantitative estimate of drug-likeness (QED) is 0.636. The smallest absolute Gasteiger partial charge is 0.0648 e. The van der Waals surface area contributed by atoms with Gasteiger partial charge < -0.3 is 0 Å². The molecule has 2 aromatic rings. The van der Waals surface area contributed by atoms with Crippen molar-refractivity contribution in [3.05, 3.63) is 65.2 Å². The molecule has 0 saturated heterocycles. The van der Waals surface area contributed by atoms with Crippen molar-refractivity contribution < 1.29 is 0 Å². The van der Waals surface area contributed by atoms with E-state index in [1.165, 1.54) is 0 Å². The first-order valence-corrected chi connectivity index (χ1v) is 5.75. The molecule has 2 nitrogen and oxygen atoms in total. The molecular formula is C14H13ClN2. The van der Waals surface area contributed by atoms with Gasteiger partial charge in [0.05, 0.1) is 11.4 Å². The van der Waals surface area contributed by atoms with E-state index in [2.05, 4.69) is 10.5 Å². The van der Waals surface area contributed by atoms with Gasteiger partial charge in [-0.1, -0.05) is 41.9 Å². The molecule has 17 heavy (non-hydrogen) atoms. The molecule has 0 heterocycles. The second-order valence-electron chi connectivity index (χ2n) is 3.68. The molecule has 0 atom stereocenters. The summed E-state index contributed by atoms with van der Waals surface area (Å²) in [5.74, 6) is 0. The minimum Gasteiger partial charge on any atom is -0.278 e. The highest BCUT2D eigenvalue weighted by atomic mass is 35.5. The Morgan fingerprint density at radius 2 is 1.65 bits per heavy atom. The van der Waals surface area contributed by atoms with Crippen LogP contribution in [0.25, 0.3) is 0 Å². The van der Waals surface area contributed by atoms with Gasteiger partial charge in [0.25, 0.3) is 0 Å². The van der Waals surface area contributed by atoms with Gasteiger partial charge in [0.2, 0.25) is 0 Å². The van der Waals surface area contributed by atoms with Gasteiger partial charge in [0.1, 0.15) is 0 Å². The second kappa shape index (κ2) is 5.51. The van der Waals surface area contributed by atoms with E-state index in [0.29, 0.717) is 0 Å². The van der Waals surface area contributed by atoms with Crippen LogP contribution in [0.5, 0.6) is 0 Å². The Kier molecular flexibility index (Phi) is 3.78. The van der Waals surface area contributed by atoms with Crippen LogP contribution in [0.4, 0.5) is 5.69 Å². The van der Waals surface area contributed by atoms with Crippen molar-refractivity contribution in [1.29, 1.82) is 0 Å². The SMILES string of the molecule is C/C(=N\Nc1ccc(Cl)cc1)c1ccccc1. The number of halogens is 1. The largest absolute Gasteiger partial charge is 0.278 e. The first-order valence-electron chi connectivity index (χ1n) is 5.37. The van der Waals surface area contributed by atoms with E-state index in [1.54, 1.807) is 0 Å². The molecular weight excluding hydrogens is 232 g/mol. The molecule has 86 valence electrons. The average Bonchev–Trinajstić information content (AvgIpc) is 2.39. The van der Waals surface area contributed by atoms with Crippen LogP contribution in [-0.2, 0) is 0 Å². The lowest BCUT2D eigenvalue weighted by Crippen LogP contribution is -1.99. The monoisotopic (exact) mass is 244 g/mol. The van der Waals surface area contributed by atoms with E-state index in [0.717, 1.165) is 22.0 Å². The number of nitrogens with zero attached hydrogens (tertiary/aromatic N) is 1. The number of benzene rings is 2. The fourth-order valence-corrected chi connectivity index (χ4v) is 1.54. The zero-order valence-corrected chi connectivity index (χ0v) is 10.3. The van der Waals surface area contributed by atoms with E-state index < -0.39 is 0 Å². The van der Waals surface area contributed by atoms with Crippen LogP contribution in [0.2, 0.25) is 5.02 Å². The first kappa shape index (κ1) is 11.7. The van der Waals surface area contributed by atoms with Gasteiger partial charge in [0.15, 0.2) is 0 Å². The summed E-state index contributed by atoms with van der Waals surface area (Å²) in [4.78, 5) is 0. The van der Waals surface area contributed by atoms with E-state index in [4.69, 9.17) is 11.6 Å². The fourth-order valence-electron chi connectivity index (χ4n) is 1.42. The summed E-state index contributed by atoms with van der Waals surface area (Å²) >= 11 is 5.81. The van der Waals surface area contributed by atoms with Gasteiger partial charge in [-0.05, 0) is 36.8 Å². The summed E-state index contributed by atoms with van der Waals surface area (Å²) in [6, 6.07) is 17.5. The van der Waals surface area contributed by atoms with Gasteiger partial charge >= 0.3 is 0 Å². The van der Waals surface area contributed by atoms with Crippen LogP contribution in [0.15, 0.2) is 59.7 Å². The number of rotatable bonds is 3. The Morgan fingerprint density at radius 1 is 1.00 bits per heavy atom. The molecule has 0 bridgehead atoms. The third kappa shape index (κ3) is 3.33. The second-order valence-corrected chi connectivity index (χ2v) is 4.12. The number of hydrogen-bond acceptors (Lipinski definition) is 2. The summed E-state index contributed by atoms with van der Waals surface area (Å²) in [7, 11) is 0. The standard InChI is InChI=1S/C14H13ClN2/c1-11(12-5-3-2-4-6-12)16-17-14-9-7-13(15)8-10-14/h2-10,17H,1H3/b16-11+. The minimum absolute atomic E-state index is 0.722. The molecule has 0 amide bonds. The normalized spacial score (nSPS) is 11.3. The van der Waals surface area contributed by atoms with Crippen LogP contribution < -0.4 is 5.43 Å². The number of hydrazone groups is 1. The zero-order chi connectivity index (χ0) is 12.1. The fraction of sp³-hybridized carbons (Fsp3) is 0.0714. The lowest BCUT2D eigenvalue weighted by molar-refractivity contribution is 1.32. The lowest BCUT2D eigenvalue weighted by Gasteiger charge is -2.03. The van der Waals surface area contributed by atoms with E-state index in [1.807, 2.05) is 61.5 Å². The first-order chi connectivity index (χ1) is 8.25. The molecule has 0 fully saturated rings. The Labute approximate surface area is 106 Å². The molecule has 0 aliphatic heterocycles. The average molecular weight is 245 g/mol. The van der Waals surface area contributed by atoms with Crippen molar-refractivity contribution in [3.8, 4) is 0 Å². The molecule has 3 heteroatoms. The van der Waals surface area contributed by atoms with Crippen LogP contribution in [0.3, 0.4) is 0 Å². The van der Waals surface area contributed by atoms with E-state index in [-0.39, 0.29) is 0 Å². The van der Waals surface area contributed by atoms with Crippen LogP contribution >= 0.6 is 11.6 Å². The summed E-state index contributed by atoms with van der Waals surface area (Å²) in [5.41, 5.74) is 5.97. The molecule has 0 saturated carbocycles. The summed E-state index contributed by atoms with van der Waals surface area (Å²) in [6.07, 6.45) is 0. The van der Waals surface area contributed by atoms with Gasteiger partial charge in [-0.15, -0.1) is 0 Å². The third-order valence-electron chi connectivity index (χ3n) is 2.39. The third-order valence-corrected chi connectivity index (χ3v) is 2.64. The Bertz CT molecular complexity index is 504. The predicted molar refractivity (Wildman–Crippen MR) is 73.7 cm³/mol. The van der Waals surface area contributed by atoms with E-state index in [9.17, 15) is 0 Å². The van der Waals surface area contributed by atoms with Crippen LogP contribution in [0, 0.1) is 0 Å². The maximum Gasteiger partial charge on any atom is 0.0648 e. The number of anilines is 1. The summed E-state index contributed by atoms with van der Waals surface area (Å²) in [6.45, 7) is 1.97.